The summed E-state index contributed by atoms with van der Waals surface area (Å²) in [6, 6.07) is 2.32. The molecular formula is C10H9IN4OS. The predicted octanol–water partition coefficient (Wildman–Crippen LogP) is 2.53. The molecule has 1 aliphatic carbocycles. The Morgan fingerprint density at radius 1 is 1.59 bits per heavy atom. The van der Waals surface area contributed by atoms with E-state index in [-0.39, 0.29) is 5.91 Å². The van der Waals surface area contributed by atoms with Crippen LogP contribution in [0.2, 0.25) is 0 Å². The van der Waals surface area contributed by atoms with E-state index in [1.54, 1.807) is 17.7 Å². The van der Waals surface area contributed by atoms with Gasteiger partial charge >= 0.3 is 0 Å². The van der Waals surface area contributed by atoms with Gasteiger partial charge in [0, 0.05) is 11.4 Å². The lowest BCUT2D eigenvalue weighted by Crippen LogP contribution is -2.14. The van der Waals surface area contributed by atoms with E-state index in [4.69, 9.17) is 0 Å². The molecular weight excluding hydrogens is 351 g/mol. The number of carbonyl (C=O) groups excluding carboxylic acids is 1. The molecule has 1 aliphatic rings. The maximum atomic E-state index is 11.9. The van der Waals surface area contributed by atoms with Crippen LogP contribution in [0, 0.1) is 2.88 Å². The topological polar surface area (TPSA) is 59.8 Å². The van der Waals surface area contributed by atoms with Crippen LogP contribution < -0.4 is 5.32 Å². The number of rotatable bonds is 3. The second-order valence-corrected chi connectivity index (χ2v) is 6.69. The van der Waals surface area contributed by atoms with Gasteiger partial charge in [0.1, 0.15) is 6.33 Å². The fourth-order valence-electron chi connectivity index (χ4n) is 1.55. The van der Waals surface area contributed by atoms with E-state index < -0.39 is 0 Å². The zero-order valence-electron chi connectivity index (χ0n) is 8.76. The maximum Gasteiger partial charge on any atom is 0.258 e. The summed E-state index contributed by atoms with van der Waals surface area (Å²) in [7, 11) is 0. The molecule has 1 N–H and O–H groups in total. The third-order valence-electron chi connectivity index (χ3n) is 2.57. The minimum absolute atomic E-state index is 0.126. The second-order valence-electron chi connectivity index (χ2n) is 3.89. The molecule has 5 nitrogen and oxygen atoms in total. The summed E-state index contributed by atoms with van der Waals surface area (Å²) in [4.78, 5) is 11.9. The smallest absolute Gasteiger partial charge is 0.258 e. The monoisotopic (exact) mass is 360 g/mol. The Labute approximate surface area is 115 Å². The largest absolute Gasteiger partial charge is 0.297 e. The molecule has 7 heteroatoms. The molecule has 17 heavy (non-hydrogen) atoms. The van der Waals surface area contributed by atoms with Crippen LogP contribution in [0.5, 0.6) is 0 Å². The van der Waals surface area contributed by atoms with Gasteiger partial charge in [-0.25, -0.2) is 0 Å². The normalized spacial score (nSPS) is 14.9. The molecule has 0 bridgehead atoms. The Morgan fingerprint density at radius 2 is 2.41 bits per heavy atom. The van der Waals surface area contributed by atoms with Crippen LogP contribution in [-0.2, 0) is 0 Å². The molecule has 0 radical (unpaired) electrons. The second kappa shape index (κ2) is 4.37. The van der Waals surface area contributed by atoms with Crippen molar-refractivity contribution in [3.63, 3.8) is 0 Å². The standard InChI is InChI=1S/C10H9IN4OS/c11-8-3-6(4-17-8)9(16)13-10-14-12-5-15(10)7-1-2-7/h3-5,7H,1-2H2,(H,13,14,16). The summed E-state index contributed by atoms with van der Waals surface area (Å²) in [6.45, 7) is 0. The van der Waals surface area contributed by atoms with Crippen molar-refractivity contribution in [3.05, 3.63) is 26.2 Å². The molecule has 1 fully saturated rings. The van der Waals surface area contributed by atoms with Gasteiger partial charge in [-0.3, -0.25) is 14.7 Å². The van der Waals surface area contributed by atoms with Crippen molar-refractivity contribution < 1.29 is 4.79 Å². The molecule has 2 aromatic rings. The van der Waals surface area contributed by atoms with Crippen molar-refractivity contribution in [2.24, 2.45) is 0 Å². The van der Waals surface area contributed by atoms with Crippen molar-refractivity contribution in [2.75, 3.05) is 5.32 Å². The molecule has 1 saturated carbocycles. The third kappa shape index (κ3) is 2.34. The highest BCUT2D eigenvalue weighted by Gasteiger charge is 2.26. The molecule has 3 rings (SSSR count). The number of carbonyl (C=O) groups is 1. The van der Waals surface area contributed by atoms with Crippen LogP contribution >= 0.6 is 33.9 Å². The minimum atomic E-state index is -0.126. The number of nitrogens with one attached hydrogen (secondary N) is 1. The van der Waals surface area contributed by atoms with Crippen molar-refractivity contribution in [3.8, 4) is 0 Å². The first kappa shape index (κ1) is 11.1. The fraction of sp³-hybridized carbons (Fsp3) is 0.300. The molecule has 0 aromatic carbocycles. The van der Waals surface area contributed by atoms with Gasteiger partial charge in [-0.2, -0.15) is 0 Å². The van der Waals surface area contributed by atoms with E-state index in [2.05, 4.69) is 38.1 Å². The molecule has 88 valence electrons. The Balaban J connectivity index is 1.78. The number of halogens is 1. The van der Waals surface area contributed by atoms with Crippen molar-refractivity contribution in [1.82, 2.24) is 14.8 Å². The van der Waals surface area contributed by atoms with Gasteiger partial charge < -0.3 is 0 Å². The maximum absolute atomic E-state index is 11.9. The van der Waals surface area contributed by atoms with Gasteiger partial charge in [0.05, 0.1) is 8.45 Å². The lowest BCUT2D eigenvalue weighted by Gasteiger charge is -2.04. The van der Waals surface area contributed by atoms with Gasteiger partial charge in [0.15, 0.2) is 0 Å². The third-order valence-corrected chi connectivity index (χ3v) is 4.36. The Kier molecular flexibility index (Phi) is 2.87. The van der Waals surface area contributed by atoms with E-state index in [1.165, 1.54) is 0 Å². The number of nitrogens with zero attached hydrogens (tertiary/aromatic N) is 3. The van der Waals surface area contributed by atoms with Gasteiger partial charge in [0.25, 0.3) is 5.91 Å². The molecule has 0 spiro atoms. The average molecular weight is 360 g/mol. The fourth-order valence-corrected chi connectivity index (χ4v) is 2.88. The van der Waals surface area contributed by atoms with Crippen LogP contribution in [0.15, 0.2) is 17.8 Å². The van der Waals surface area contributed by atoms with Crippen LogP contribution in [0.3, 0.4) is 0 Å². The summed E-state index contributed by atoms with van der Waals surface area (Å²) < 4.78 is 3.02. The summed E-state index contributed by atoms with van der Waals surface area (Å²) in [5.41, 5.74) is 0.671. The highest BCUT2D eigenvalue weighted by molar-refractivity contribution is 14.1. The van der Waals surface area contributed by atoms with Crippen LogP contribution in [0.4, 0.5) is 5.95 Å². The van der Waals surface area contributed by atoms with Gasteiger partial charge in [-0.1, -0.05) is 0 Å². The van der Waals surface area contributed by atoms with Crippen LogP contribution in [-0.4, -0.2) is 20.7 Å². The SMILES string of the molecule is O=C(Nc1nncn1C1CC1)c1csc(I)c1. The lowest BCUT2D eigenvalue weighted by atomic mass is 10.3. The van der Waals surface area contributed by atoms with E-state index in [9.17, 15) is 4.79 Å². The van der Waals surface area contributed by atoms with E-state index in [0.717, 1.165) is 15.7 Å². The highest BCUT2D eigenvalue weighted by atomic mass is 127. The summed E-state index contributed by atoms with van der Waals surface area (Å²) >= 11 is 3.75. The molecule has 0 unspecified atom stereocenters. The number of amides is 1. The van der Waals surface area contributed by atoms with Crippen molar-refractivity contribution in [2.45, 2.75) is 18.9 Å². The first-order valence-electron chi connectivity index (χ1n) is 5.19. The lowest BCUT2D eigenvalue weighted by molar-refractivity contribution is 0.102. The zero-order valence-corrected chi connectivity index (χ0v) is 11.7. The highest BCUT2D eigenvalue weighted by Crippen LogP contribution is 2.36. The van der Waals surface area contributed by atoms with E-state index in [0.29, 0.717) is 17.6 Å². The average Bonchev–Trinajstić information content (AvgIpc) is 2.89. The van der Waals surface area contributed by atoms with Gasteiger partial charge in [0.2, 0.25) is 5.95 Å². The molecule has 0 aliphatic heterocycles. The summed E-state index contributed by atoms with van der Waals surface area (Å²) in [5, 5.41) is 12.4. The number of hydrogen-bond acceptors (Lipinski definition) is 4. The summed E-state index contributed by atoms with van der Waals surface area (Å²) in [6.07, 6.45) is 3.94. The molecule has 1 amide bonds. The number of anilines is 1. The number of hydrogen-bond donors (Lipinski definition) is 1. The molecule has 2 heterocycles. The van der Waals surface area contributed by atoms with Crippen molar-refractivity contribution >= 4 is 45.8 Å². The minimum Gasteiger partial charge on any atom is -0.297 e. The van der Waals surface area contributed by atoms with Gasteiger partial charge in [-0.05, 0) is 41.5 Å². The number of thiophene rings is 1. The van der Waals surface area contributed by atoms with E-state index in [1.807, 2.05) is 16.0 Å². The predicted molar refractivity (Wildman–Crippen MR) is 73.3 cm³/mol. The van der Waals surface area contributed by atoms with Gasteiger partial charge in [-0.15, -0.1) is 21.5 Å². The zero-order chi connectivity index (χ0) is 11.8. The van der Waals surface area contributed by atoms with E-state index >= 15 is 0 Å². The molecule has 0 saturated heterocycles. The molecule has 2 aromatic heterocycles. The first-order chi connectivity index (χ1) is 8.24. The van der Waals surface area contributed by atoms with Crippen LogP contribution in [0.1, 0.15) is 29.2 Å². The summed E-state index contributed by atoms with van der Waals surface area (Å²) in [5.74, 6) is 0.415. The Morgan fingerprint density at radius 3 is 3.06 bits per heavy atom. The number of aromatic nitrogens is 3. The Hall–Kier alpha value is -0.960. The van der Waals surface area contributed by atoms with Crippen LogP contribution in [0.25, 0.3) is 0 Å². The van der Waals surface area contributed by atoms with Crippen molar-refractivity contribution in [1.29, 1.82) is 0 Å². The Bertz CT molecular complexity index is 560. The quantitative estimate of drug-likeness (QED) is 0.856. The molecule has 0 atom stereocenters. The first-order valence-corrected chi connectivity index (χ1v) is 7.15.